The Morgan fingerprint density at radius 1 is 1.40 bits per heavy atom. The van der Waals surface area contributed by atoms with E-state index >= 15 is 0 Å². The standard InChI is InChI=1S/C8H18N2/c1-7-8(10(2)3)5-4-6-9-7/h7-9H,4-6H2,1-3H3/t7-,8+/m0/s1. The van der Waals surface area contributed by atoms with Crippen molar-refractivity contribution in [2.75, 3.05) is 20.6 Å². The van der Waals surface area contributed by atoms with Crippen molar-refractivity contribution in [3.05, 3.63) is 0 Å². The van der Waals surface area contributed by atoms with Crippen molar-refractivity contribution in [3.63, 3.8) is 0 Å². The van der Waals surface area contributed by atoms with Crippen LogP contribution in [-0.4, -0.2) is 37.6 Å². The van der Waals surface area contributed by atoms with Crippen molar-refractivity contribution in [2.45, 2.75) is 31.8 Å². The van der Waals surface area contributed by atoms with E-state index in [0.717, 1.165) is 6.04 Å². The Morgan fingerprint density at radius 3 is 2.50 bits per heavy atom. The van der Waals surface area contributed by atoms with Gasteiger partial charge in [-0.05, 0) is 40.4 Å². The van der Waals surface area contributed by atoms with Crippen LogP contribution >= 0.6 is 0 Å². The molecule has 2 heteroatoms. The van der Waals surface area contributed by atoms with Crippen molar-refractivity contribution in [1.29, 1.82) is 0 Å². The molecule has 0 bridgehead atoms. The fraction of sp³-hybridized carbons (Fsp3) is 1.00. The molecule has 1 N–H and O–H groups in total. The van der Waals surface area contributed by atoms with Gasteiger partial charge in [0.2, 0.25) is 0 Å². The fourth-order valence-corrected chi connectivity index (χ4v) is 1.73. The summed E-state index contributed by atoms with van der Waals surface area (Å²) in [5.41, 5.74) is 0. The zero-order valence-electron chi connectivity index (χ0n) is 7.22. The molecule has 0 aromatic heterocycles. The van der Waals surface area contributed by atoms with Gasteiger partial charge in [-0.3, -0.25) is 0 Å². The molecule has 0 aromatic carbocycles. The van der Waals surface area contributed by atoms with E-state index in [2.05, 4.69) is 31.2 Å². The second-order valence-electron chi connectivity index (χ2n) is 3.42. The highest BCUT2D eigenvalue weighted by Crippen LogP contribution is 2.11. The lowest BCUT2D eigenvalue weighted by molar-refractivity contribution is 0.195. The highest BCUT2D eigenvalue weighted by Gasteiger charge is 2.21. The van der Waals surface area contributed by atoms with Crippen LogP contribution in [0.25, 0.3) is 0 Å². The third-order valence-corrected chi connectivity index (χ3v) is 2.38. The highest BCUT2D eigenvalue weighted by molar-refractivity contribution is 4.82. The van der Waals surface area contributed by atoms with Crippen LogP contribution in [0.4, 0.5) is 0 Å². The van der Waals surface area contributed by atoms with Crippen molar-refractivity contribution in [1.82, 2.24) is 10.2 Å². The number of likely N-dealkylation sites (N-methyl/N-ethyl adjacent to an activating group) is 1. The van der Waals surface area contributed by atoms with Gasteiger partial charge in [-0.1, -0.05) is 0 Å². The lowest BCUT2D eigenvalue weighted by Gasteiger charge is -2.34. The molecule has 0 aliphatic carbocycles. The molecule has 0 radical (unpaired) electrons. The van der Waals surface area contributed by atoms with Crippen molar-refractivity contribution in [3.8, 4) is 0 Å². The number of nitrogens with zero attached hydrogens (tertiary/aromatic N) is 1. The predicted octanol–water partition coefficient (Wildman–Crippen LogP) is 0.688. The first-order valence-electron chi connectivity index (χ1n) is 4.11. The van der Waals surface area contributed by atoms with Crippen molar-refractivity contribution >= 4 is 0 Å². The summed E-state index contributed by atoms with van der Waals surface area (Å²) in [6.45, 7) is 3.47. The molecule has 1 rings (SSSR count). The number of hydrogen-bond acceptors (Lipinski definition) is 2. The molecule has 1 heterocycles. The second-order valence-corrected chi connectivity index (χ2v) is 3.42. The number of nitrogens with one attached hydrogen (secondary N) is 1. The van der Waals surface area contributed by atoms with Gasteiger partial charge >= 0.3 is 0 Å². The number of hydrogen-bond donors (Lipinski definition) is 1. The maximum atomic E-state index is 3.47. The molecule has 0 amide bonds. The lowest BCUT2D eigenvalue weighted by Crippen LogP contribution is -2.49. The molecule has 60 valence electrons. The normalized spacial score (nSPS) is 34.8. The predicted molar refractivity (Wildman–Crippen MR) is 44.2 cm³/mol. The van der Waals surface area contributed by atoms with Crippen LogP contribution in [0.3, 0.4) is 0 Å². The Bertz CT molecular complexity index is 101. The van der Waals surface area contributed by atoms with E-state index in [1.165, 1.54) is 19.4 Å². The summed E-state index contributed by atoms with van der Waals surface area (Å²) in [6.07, 6.45) is 2.67. The molecule has 2 nitrogen and oxygen atoms in total. The minimum Gasteiger partial charge on any atom is -0.313 e. The van der Waals surface area contributed by atoms with Gasteiger partial charge in [0.1, 0.15) is 0 Å². The highest BCUT2D eigenvalue weighted by atomic mass is 15.1. The van der Waals surface area contributed by atoms with Crippen LogP contribution in [-0.2, 0) is 0 Å². The molecule has 0 unspecified atom stereocenters. The molecule has 1 saturated heterocycles. The number of piperidine rings is 1. The first kappa shape index (κ1) is 8.02. The second kappa shape index (κ2) is 3.35. The quantitative estimate of drug-likeness (QED) is 0.579. The van der Waals surface area contributed by atoms with Gasteiger partial charge in [0.15, 0.2) is 0 Å². The molecule has 10 heavy (non-hydrogen) atoms. The maximum Gasteiger partial charge on any atom is 0.0241 e. The smallest absolute Gasteiger partial charge is 0.0241 e. The summed E-state index contributed by atoms with van der Waals surface area (Å²) < 4.78 is 0. The summed E-state index contributed by atoms with van der Waals surface area (Å²) >= 11 is 0. The first-order valence-corrected chi connectivity index (χ1v) is 4.11. The molecule has 0 saturated carbocycles. The maximum absolute atomic E-state index is 3.47. The molecule has 1 aliphatic heterocycles. The molecule has 1 fully saturated rings. The molecule has 2 atom stereocenters. The monoisotopic (exact) mass is 142 g/mol. The van der Waals surface area contributed by atoms with E-state index in [1.807, 2.05) is 0 Å². The third-order valence-electron chi connectivity index (χ3n) is 2.38. The average Bonchev–Trinajstić information content (AvgIpc) is 1.88. The molecule has 1 aliphatic rings. The van der Waals surface area contributed by atoms with Crippen LogP contribution in [0.5, 0.6) is 0 Å². The zero-order valence-corrected chi connectivity index (χ0v) is 7.22. The minimum atomic E-state index is 0.670. The molecule has 0 aromatic rings. The summed E-state index contributed by atoms with van der Waals surface area (Å²) in [5.74, 6) is 0. The number of rotatable bonds is 1. The Hall–Kier alpha value is -0.0800. The summed E-state index contributed by atoms with van der Waals surface area (Å²) in [4.78, 5) is 2.32. The Morgan fingerprint density at radius 2 is 2.10 bits per heavy atom. The largest absolute Gasteiger partial charge is 0.313 e. The fourth-order valence-electron chi connectivity index (χ4n) is 1.73. The topological polar surface area (TPSA) is 15.3 Å². The van der Waals surface area contributed by atoms with Gasteiger partial charge in [-0.25, -0.2) is 0 Å². The van der Waals surface area contributed by atoms with Crippen molar-refractivity contribution in [2.24, 2.45) is 0 Å². The van der Waals surface area contributed by atoms with Gasteiger partial charge in [-0.2, -0.15) is 0 Å². The molecule has 0 spiro atoms. The zero-order chi connectivity index (χ0) is 7.56. The summed E-state index contributed by atoms with van der Waals surface area (Å²) in [7, 11) is 4.32. The Balaban J connectivity index is 2.40. The molecular weight excluding hydrogens is 124 g/mol. The van der Waals surface area contributed by atoms with Gasteiger partial charge in [0.25, 0.3) is 0 Å². The van der Waals surface area contributed by atoms with Gasteiger partial charge in [0.05, 0.1) is 0 Å². The minimum absolute atomic E-state index is 0.670. The van der Waals surface area contributed by atoms with E-state index in [1.54, 1.807) is 0 Å². The average molecular weight is 142 g/mol. The van der Waals surface area contributed by atoms with Crippen molar-refractivity contribution < 1.29 is 0 Å². The van der Waals surface area contributed by atoms with Crippen LogP contribution in [0.1, 0.15) is 19.8 Å². The SMILES string of the molecule is C[C@@H]1NCCC[C@H]1N(C)C. The van der Waals surface area contributed by atoms with Crippen LogP contribution in [0.2, 0.25) is 0 Å². The van der Waals surface area contributed by atoms with Crippen LogP contribution in [0.15, 0.2) is 0 Å². The summed E-state index contributed by atoms with van der Waals surface area (Å²) in [5, 5.41) is 3.47. The van der Waals surface area contributed by atoms with E-state index in [4.69, 9.17) is 0 Å². The van der Waals surface area contributed by atoms with Gasteiger partial charge < -0.3 is 10.2 Å². The summed E-state index contributed by atoms with van der Waals surface area (Å²) in [6, 6.07) is 1.41. The Kier molecular flexibility index (Phi) is 2.69. The van der Waals surface area contributed by atoms with E-state index in [9.17, 15) is 0 Å². The van der Waals surface area contributed by atoms with Crippen LogP contribution < -0.4 is 5.32 Å². The van der Waals surface area contributed by atoms with Crippen LogP contribution in [0, 0.1) is 0 Å². The lowest BCUT2D eigenvalue weighted by atomic mass is 9.99. The van der Waals surface area contributed by atoms with Gasteiger partial charge in [-0.15, -0.1) is 0 Å². The Labute approximate surface area is 63.6 Å². The first-order chi connectivity index (χ1) is 4.72. The van der Waals surface area contributed by atoms with E-state index < -0.39 is 0 Å². The van der Waals surface area contributed by atoms with E-state index in [-0.39, 0.29) is 0 Å². The van der Waals surface area contributed by atoms with Gasteiger partial charge in [0, 0.05) is 12.1 Å². The third kappa shape index (κ3) is 1.70. The van der Waals surface area contributed by atoms with E-state index in [0.29, 0.717) is 6.04 Å². The molecular formula is C8H18N2.